The van der Waals surface area contributed by atoms with Crippen LogP contribution in [-0.4, -0.2) is 23.3 Å². The zero-order chi connectivity index (χ0) is 21.3. The van der Waals surface area contributed by atoms with E-state index < -0.39 is 12.0 Å². The minimum Gasteiger partial charge on any atom is -0.492 e. The van der Waals surface area contributed by atoms with Gasteiger partial charge in [-0.1, -0.05) is 12.1 Å². The van der Waals surface area contributed by atoms with Crippen molar-refractivity contribution in [2.75, 3.05) is 6.61 Å². The lowest BCUT2D eigenvalue weighted by Crippen LogP contribution is -2.18. The number of carbonyl (C=O) groups excluding carboxylic acids is 2. The highest BCUT2D eigenvalue weighted by molar-refractivity contribution is 6.00. The third kappa shape index (κ3) is 3.64. The molecular weight excluding hydrogens is 380 g/mol. The van der Waals surface area contributed by atoms with Gasteiger partial charge >= 0.3 is 0 Å². The van der Waals surface area contributed by atoms with Crippen LogP contribution in [-0.2, 0) is 0 Å². The Labute approximate surface area is 174 Å². The largest absolute Gasteiger partial charge is 0.492 e. The third-order valence-corrected chi connectivity index (χ3v) is 5.26. The number of hydrogen-bond donors (Lipinski definition) is 1. The highest BCUT2D eigenvalue weighted by Crippen LogP contribution is 2.40. The molecule has 152 valence electrons. The lowest BCUT2D eigenvalue weighted by Gasteiger charge is -2.26. The van der Waals surface area contributed by atoms with Crippen LogP contribution in [0.4, 0.5) is 0 Å². The third-order valence-electron chi connectivity index (χ3n) is 5.26. The van der Waals surface area contributed by atoms with E-state index in [0.717, 1.165) is 22.3 Å². The quantitative estimate of drug-likeness (QED) is 0.698. The molecule has 0 spiro atoms. The molecule has 6 heteroatoms. The Hall–Kier alpha value is -3.67. The number of benzene rings is 2. The van der Waals surface area contributed by atoms with Crippen LogP contribution in [0.1, 0.15) is 55.5 Å². The second-order valence-corrected chi connectivity index (χ2v) is 7.31. The average molecular weight is 402 g/mol. The van der Waals surface area contributed by atoms with Gasteiger partial charge in [0.2, 0.25) is 5.91 Å². The number of hydrogen-bond acceptors (Lipinski definition) is 5. The van der Waals surface area contributed by atoms with Gasteiger partial charge in [0.1, 0.15) is 17.6 Å². The van der Waals surface area contributed by atoms with E-state index in [4.69, 9.17) is 15.2 Å². The number of Topliss-reactive ketones (excluding diaryl/α,β-unsaturated/α-hetero) is 1. The SMILES string of the molecule is Cc1cc2c(c(C)c1OC(c1ccncc1)c1ccc(C(N)=O)cc1)OCCC2=O. The summed E-state index contributed by atoms with van der Waals surface area (Å²) in [6, 6.07) is 12.6. The Morgan fingerprint density at radius 3 is 2.43 bits per heavy atom. The van der Waals surface area contributed by atoms with Crippen molar-refractivity contribution in [1.29, 1.82) is 0 Å². The fourth-order valence-corrected chi connectivity index (χ4v) is 3.71. The van der Waals surface area contributed by atoms with Gasteiger partial charge in [-0.2, -0.15) is 0 Å². The average Bonchev–Trinajstić information content (AvgIpc) is 2.75. The molecule has 1 unspecified atom stereocenters. The minimum absolute atomic E-state index is 0.0849. The fraction of sp³-hybridized carbons (Fsp3) is 0.208. The number of aryl methyl sites for hydroxylation is 1. The number of amides is 1. The van der Waals surface area contributed by atoms with Crippen LogP contribution in [0.25, 0.3) is 0 Å². The van der Waals surface area contributed by atoms with Gasteiger partial charge in [-0.25, -0.2) is 0 Å². The Kier molecular flexibility index (Phi) is 5.23. The first kappa shape index (κ1) is 19.6. The first-order valence-corrected chi connectivity index (χ1v) is 9.72. The van der Waals surface area contributed by atoms with E-state index >= 15 is 0 Å². The molecule has 2 aromatic carbocycles. The van der Waals surface area contributed by atoms with E-state index in [0.29, 0.717) is 35.7 Å². The van der Waals surface area contributed by atoms with Gasteiger partial charge in [0, 0.05) is 29.9 Å². The van der Waals surface area contributed by atoms with Crippen LogP contribution >= 0.6 is 0 Å². The molecule has 1 aromatic heterocycles. The number of primary amides is 1. The molecule has 2 N–H and O–H groups in total. The zero-order valence-electron chi connectivity index (χ0n) is 16.8. The molecule has 0 saturated heterocycles. The molecule has 0 saturated carbocycles. The predicted molar refractivity (Wildman–Crippen MR) is 112 cm³/mol. The van der Waals surface area contributed by atoms with Crippen molar-refractivity contribution in [3.63, 3.8) is 0 Å². The van der Waals surface area contributed by atoms with Gasteiger partial charge in [-0.05, 0) is 60.9 Å². The van der Waals surface area contributed by atoms with Gasteiger partial charge in [-0.3, -0.25) is 14.6 Å². The van der Waals surface area contributed by atoms with E-state index in [1.54, 1.807) is 24.5 Å². The summed E-state index contributed by atoms with van der Waals surface area (Å²) in [7, 11) is 0. The molecule has 6 nitrogen and oxygen atoms in total. The second kappa shape index (κ2) is 7.99. The normalized spacial score (nSPS) is 13.9. The molecule has 3 aromatic rings. The number of fused-ring (bicyclic) bond motifs is 1. The molecular formula is C24H22N2O4. The highest BCUT2D eigenvalue weighted by Gasteiger charge is 2.26. The van der Waals surface area contributed by atoms with Crippen molar-refractivity contribution in [2.45, 2.75) is 26.4 Å². The van der Waals surface area contributed by atoms with Gasteiger partial charge in [0.25, 0.3) is 0 Å². The molecule has 1 aliphatic heterocycles. The summed E-state index contributed by atoms with van der Waals surface area (Å²) in [5.74, 6) is 0.862. The van der Waals surface area contributed by atoms with Crippen molar-refractivity contribution in [1.82, 2.24) is 4.98 Å². The van der Waals surface area contributed by atoms with Crippen LogP contribution in [0, 0.1) is 13.8 Å². The maximum absolute atomic E-state index is 12.3. The van der Waals surface area contributed by atoms with Crippen LogP contribution in [0.5, 0.6) is 11.5 Å². The monoisotopic (exact) mass is 402 g/mol. The number of nitrogens with two attached hydrogens (primary N) is 1. The number of rotatable bonds is 5. The number of nitrogens with zero attached hydrogens (tertiary/aromatic N) is 1. The van der Waals surface area contributed by atoms with Crippen molar-refractivity contribution in [3.8, 4) is 11.5 Å². The lowest BCUT2D eigenvalue weighted by atomic mass is 9.97. The molecule has 0 radical (unpaired) electrons. The number of aromatic nitrogens is 1. The Bertz CT molecular complexity index is 1110. The van der Waals surface area contributed by atoms with Gasteiger partial charge in [-0.15, -0.1) is 0 Å². The van der Waals surface area contributed by atoms with Gasteiger partial charge in [0.15, 0.2) is 5.78 Å². The Balaban J connectivity index is 1.78. The molecule has 1 amide bonds. The number of ether oxygens (including phenoxy) is 2. The zero-order valence-corrected chi connectivity index (χ0v) is 16.8. The van der Waals surface area contributed by atoms with Gasteiger partial charge < -0.3 is 15.2 Å². The van der Waals surface area contributed by atoms with E-state index in [-0.39, 0.29) is 5.78 Å². The lowest BCUT2D eigenvalue weighted by molar-refractivity contribution is 0.0931. The molecule has 0 aliphatic carbocycles. The van der Waals surface area contributed by atoms with E-state index in [1.807, 2.05) is 44.2 Å². The molecule has 1 aliphatic rings. The molecule has 0 bridgehead atoms. The standard InChI is InChI=1S/C24H22N2O4/c1-14-13-19-20(27)9-12-29-22(19)15(2)21(14)30-23(17-7-10-26-11-8-17)16-3-5-18(6-4-16)24(25)28/h3-8,10-11,13,23H,9,12H2,1-2H3,(H2,25,28). The van der Waals surface area contributed by atoms with E-state index in [1.165, 1.54) is 0 Å². The molecule has 2 heterocycles. The van der Waals surface area contributed by atoms with Crippen LogP contribution in [0.15, 0.2) is 54.9 Å². The summed E-state index contributed by atoms with van der Waals surface area (Å²) in [6.45, 7) is 4.20. The van der Waals surface area contributed by atoms with Crippen LogP contribution in [0.2, 0.25) is 0 Å². The topological polar surface area (TPSA) is 91.5 Å². The Morgan fingerprint density at radius 2 is 1.77 bits per heavy atom. The maximum Gasteiger partial charge on any atom is 0.248 e. The smallest absolute Gasteiger partial charge is 0.248 e. The van der Waals surface area contributed by atoms with Crippen molar-refractivity contribution < 1.29 is 19.1 Å². The maximum atomic E-state index is 12.3. The van der Waals surface area contributed by atoms with Crippen molar-refractivity contribution in [3.05, 3.63) is 88.2 Å². The predicted octanol–water partition coefficient (Wildman–Crippen LogP) is 3.93. The fourth-order valence-electron chi connectivity index (χ4n) is 3.71. The van der Waals surface area contributed by atoms with Crippen molar-refractivity contribution in [2.24, 2.45) is 5.73 Å². The van der Waals surface area contributed by atoms with Gasteiger partial charge in [0.05, 0.1) is 12.2 Å². The van der Waals surface area contributed by atoms with Crippen LogP contribution < -0.4 is 15.2 Å². The molecule has 1 atom stereocenters. The summed E-state index contributed by atoms with van der Waals surface area (Å²) in [5, 5.41) is 0. The van der Waals surface area contributed by atoms with E-state index in [2.05, 4.69) is 4.98 Å². The number of ketones is 1. The van der Waals surface area contributed by atoms with E-state index in [9.17, 15) is 9.59 Å². The highest BCUT2D eigenvalue weighted by atomic mass is 16.5. The van der Waals surface area contributed by atoms with Crippen molar-refractivity contribution >= 4 is 11.7 Å². The summed E-state index contributed by atoms with van der Waals surface area (Å²) in [6.07, 6.45) is 3.36. The summed E-state index contributed by atoms with van der Waals surface area (Å²) >= 11 is 0. The molecule has 0 fully saturated rings. The summed E-state index contributed by atoms with van der Waals surface area (Å²) < 4.78 is 12.3. The minimum atomic E-state index is -0.480. The first-order valence-electron chi connectivity index (χ1n) is 9.72. The first-order chi connectivity index (χ1) is 14.5. The van der Waals surface area contributed by atoms with Crippen LogP contribution in [0.3, 0.4) is 0 Å². The number of carbonyl (C=O) groups is 2. The second-order valence-electron chi connectivity index (χ2n) is 7.31. The summed E-state index contributed by atoms with van der Waals surface area (Å²) in [4.78, 5) is 27.8. The molecule has 4 rings (SSSR count). The molecule has 30 heavy (non-hydrogen) atoms. The number of pyridine rings is 1. The Morgan fingerprint density at radius 1 is 1.10 bits per heavy atom. The summed E-state index contributed by atoms with van der Waals surface area (Å²) in [5.41, 5.74) is 9.83.